The van der Waals surface area contributed by atoms with Crippen molar-refractivity contribution < 1.29 is 26.0 Å². The minimum absolute atomic E-state index is 0.0142. The maximum Gasteiger partial charge on any atom is 0.274 e. The average molecular weight is 465 g/mol. The fourth-order valence-corrected chi connectivity index (χ4v) is 4.49. The van der Waals surface area contributed by atoms with Crippen molar-refractivity contribution in [1.29, 1.82) is 0 Å². The van der Waals surface area contributed by atoms with Gasteiger partial charge in [0.05, 0.1) is 21.2 Å². The summed E-state index contributed by atoms with van der Waals surface area (Å²) in [6.45, 7) is 0. The van der Waals surface area contributed by atoms with Gasteiger partial charge in [-0.05, 0) is 49.5 Å². The zero-order chi connectivity index (χ0) is 22.6. The van der Waals surface area contributed by atoms with Crippen molar-refractivity contribution >= 4 is 37.3 Å². The van der Waals surface area contributed by atoms with Crippen molar-refractivity contribution in [2.45, 2.75) is 9.79 Å². The van der Waals surface area contributed by atoms with Crippen molar-refractivity contribution in [2.24, 2.45) is 0 Å². The molecule has 1 amide bonds. The molecule has 162 valence electrons. The number of nitrogens with zero attached hydrogens (tertiary/aromatic N) is 1. The van der Waals surface area contributed by atoms with E-state index in [2.05, 4.69) is 19.7 Å². The van der Waals surface area contributed by atoms with Crippen molar-refractivity contribution in [3.05, 3.63) is 78.4 Å². The standard InChI is InChI=1S/C19H17FN4O5S2/c1-21-30(26,27)14-5-4-6-15(12-14)31(28,29)24-18-11-13(20)8-9-16(18)23-19(25)17-7-2-3-10-22-17/h2-12,21,24H,1H3,(H,23,25). The molecule has 0 radical (unpaired) electrons. The molecule has 0 unspecified atom stereocenters. The van der Waals surface area contributed by atoms with Crippen LogP contribution in [0.3, 0.4) is 0 Å². The number of benzene rings is 2. The van der Waals surface area contributed by atoms with Gasteiger partial charge in [0.2, 0.25) is 10.0 Å². The molecule has 0 fully saturated rings. The van der Waals surface area contributed by atoms with E-state index in [9.17, 15) is 26.0 Å². The minimum atomic E-state index is -4.32. The summed E-state index contributed by atoms with van der Waals surface area (Å²) in [5, 5.41) is 2.47. The van der Waals surface area contributed by atoms with Crippen LogP contribution in [0.1, 0.15) is 10.5 Å². The van der Waals surface area contributed by atoms with Crippen LogP contribution in [0.2, 0.25) is 0 Å². The molecule has 0 atom stereocenters. The second kappa shape index (κ2) is 8.79. The van der Waals surface area contributed by atoms with Crippen LogP contribution in [0.5, 0.6) is 0 Å². The van der Waals surface area contributed by atoms with Gasteiger partial charge in [-0.25, -0.2) is 25.9 Å². The Morgan fingerprint density at radius 3 is 2.23 bits per heavy atom. The molecular formula is C19H17FN4O5S2. The van der Waals surface area contributed by atoms with E-state index >= 15 is 0 Å². The average Bonchev–Trinajstić information content (AvgIpc) is 2.76. The Bertz CT molecular complexity index is 1330. The highest BCUT2D eigenvalue weighted by Crippen LogP contribution is 2.27. The maximum absolute atomic E-state index is 13.8. The number of carbonyl (C=O) groups excluding carboxylic acids is 1. The number of hydrogen-bond acceptors (Lipinski definition) is 6. The van der Waals surface area contributed by atoms with E-state index in [1.807, 2.05) is 0 Å². The number of anilines is 2. The Hall–Kier alpha value is -3.35. The topological polar surface area (TPSA) is 134 Å². The van der Waals surface area contributed by atoms with E-state index < -0.39 is 31.8 Å². The van der Waals surface area contributed by atoms with Crippen LogP contribution in [0.15, 0.2) is 76.7 Å². The van der Waals surface area contributed by atoms with Crippen LogP contribution in [0.4, 0.5) is 15.8 Å². The van der Waals surface area contributed by atoms with Crippen molar-refractivity contribution in [3.8, 4) is 0 Å². The van der Waals surface area contributed by atoms with Crippen LogP contribution < -0.4 is 14.8 Å². The predicted molar refractivity (Wildman–Crippen MR) is 112 cm³/mol. The Morgan fingerprint density at radius 1 is 0.871 bits per heavy atom. The minimum Gasteiger partial charge on any atom is -0.319 e. The third kappa shape index (κ3) is 5.23. The highest BCUT2D eigenvalue weighted by Gasteiger charge is 2.21. The number of halogens is 1. The van der Waals surface area contributed by atoms with Crippen LogP contribution in [-0.2, 0) is 20.0 Å². The summed E-state index contributed by atoms with van der Waals surface area (Å²) in [5.74, 6) is -1.38. The summed E-state index contributed by atoms with van der Waals surface area (Å²) in [6, 6.07) is 12.4. The van der Waals surface area contributed by atoms with Gasteiger partial charge >= 0.3 is 0 Å². The van der Waals surface area contributed by atoms with Crippen LogP contribution in [-0.4, -0.2) is 34.8 Å². The molecule has 0 bridgehead atoms. The quantitative estimate of drug-likeness (QED) is 0.491. The summed E-state index contributed by atoms with van der Waals surface area (Å²) < 4.78 is 67.6. The third-order valence-corrected chi connectivity index (χ3v) is 6.84. The van der Waals surface area contributed by atoms with E-state index in [4.69, 9.17) is 0 Å². The largest absolute Gasteiger partial charge is 0.319 e. The highest BCUT2D eigenvalue weighted by atomic mass is 32.2. The third-order valence-electron chi connectivity index (χ3n) is 4.07. The van der Waals surface area contributed by atoms with E-state index in [1.54, 1.807) is 12.1 Å². The van der Waals surface area contributed by atoms with E-state index in [-0.39, 0.29) is 26.9 Å². The highest BCUT2D eigenvalue weighted by molar-refractivity contribution is 7.93. The number of sulfonamides is 2. The number of carbonyl (C=O) groups is 1. The van der Waals surface area contributed by atoms with Gasteiger partial charge in [0, 0.05) is 12.3 Å². The molecule has 0 aliphatic carbocycles. The normalized spacial score (nSPS) is 11.7. The molecule has 2 aromatic carbocycles. The Labute approximate surface area is 178 Å². The predicted octanol–water partition coefficient (Wildman–Crippen LogP) is 2.18. The van der Waals surface area contributed by atoms with E-state index in [1.165, 1.54) is 43.6 Å². The molecule has 3 N–H and O–H groups in total. The summed E-state index contributed by atoms with van der Waals surface area (Å²) in [7, 11) is -7.01. The lowest BCUT2D eigenvalue weighted by Crippen LogP contribution is -2.20. The lowest BCUT2D eigenvalue weighted by atomic mass is 10.2. The molecule has 1 aromatic heterocycles. The molecule has 31 heavy (non-hydrogen) atoms. The fourth-order valence-electron chi connectivity index (χ4n) is 2.52. The lowest BCUT2D eigenvalue weighted by molar-refractivity contribution is 0.102. The summed E-state index contributed by atoms with van der Waals surface area (Å²) in [6.07, 6.45) is 1.41. The zero-order valence-corrected chi connectivity index (χ0v) is 17.7. The molecular weight excluding hydrogens is 447 g/mol. The monoisotopic (exact) mass is 464 g/mol. The zero-order valence-electron chi connectivity index (χ0n) is 16.0. The number of aromatic nitrogens is 1. The molecule has 0 aliphatic rings. The summed E-state index contributed by atoms with van der Waals surface area (Å²) >= 11 is 0. The lowest BCUT2D eigenvalue weighted by Gasteiger charge is -2.14. The number of pyridine rings is 1. The number of rotatable bonds is 7. The van der Waals surface area contributed by atoms with Crippen LogP contribution >= 0.6 is 0 Å². The molecule has 1 heterocycles. The molecule has 3 rings (SSSR count). The Morgan fingerprint density at radius 2 is 1.58 bits per heavy atom. The number of amides is 1. The second-order valence-corrected chi connectivity index (χ2v) is 9.72. The molecule has 0 aliphatic heterocycles. The first-order valence-electron chi connectivity index (χ1n) is 8.71. The van der Waals surface area contributed by atoms with E-state index in [0.717, 1.165) is 18.2 Å². The molecule has 0 saturated heterocycles. The van der Waals surface area contributed by atoms with Gasteiger partial charge < -0.3 is 5.32 Å². The molecule has 0 saturated carbocycles. The van der Waals surface area contributed by atoms with Crippen molar-refractivity contribution in [2.75, 3.05) is 17.1 Å². The first-order chi connectivity index (χ1) is 14.6. The Kier molecular flexibility index (Phi) is 6.34. The van der Waals surface area contributed by atoms with Gasteiger partial charge in [0.1, 0.15) is 11.5 Å². The van der Waals surface area contributed by atoms with E-state index in [0.29, 0.717) is 0 Å². The molecule has 3 aromatic rings. The van der Waals surface area contributed by atoms with Gasteiger partial charge in [0.25, 0.3) is 15.9 Å². The van der Waals surface area contributed by atoms with Crippen LogP contribution in [0, 0.1) is 5.82 Å². The molecule has 12 heteroatoms. The first-order valence-corrected chi connectivity index (χ1v) is 11.7. The van der Waals surface area contributed by atoms with Gasteiger partial charge in [0.15, 0.2) is 0 Å². The SMILES string of the molecule is CNS(=O)(=O)c1cccc(S(=O)(=O)Nc2cc(F)ccc2NC(=O)c2ccccn2)c1. The summed E-state index contributed by atoms with van der Waals surface area (Å²) in [5.41, 5.74) is -0.184. The molecule has 0 spiro atoms. The van der Waals surface area contributed by atoms with Gasteiger partial charge in [-0.2, -0.15) is 0 Å². The second-order valence-electron chi connectivity index (χ2n) is 6.15. The van der Waals surface area contributed by atoms with Gasteiger partial charge in [-0.3, -0.25) is 14.5 Å². The van der Waals surface area contributed by atoms with Crippen molar-refractivity contribution in [3.63, 3.8) is 0 Å². The summed E-state index contributed by atoms with van der Waals surface area (Å²) in [4.78, 5) is 15.6. The Balaban J connectivity index is 1.94. The van der Waals surface area contributed by atoms with Gasteiger partial charge in [-0.1, -0.05) is 12.1 Å². The maximum atomic E-state index is 13.8. The first kappa shape index (κ1) is 22.3. The molecule has 9 nitrogen and oxygen atoms in total. The van der Waals surface area contributed by atoms with Crippen LogP contribution in [0.25, 0.3) is 0 Å². The fraction of sp³-hybridized carbons (Fsp3) is 0.0526. The van der Waals surface area contributed by atoms with Gasteiger partial charge in [-0.15, -0.1) is 0 Å². The number of nitrogens with one attached hydrogen (secondary N) is 3. The number of hydrogen-bond donors (Lipinski definition) is 3. The van der Waals surface area contributed by atoms with Crippen molar-refractivity contribution in [1.82, 2.24) is 9.71 Å². The smallest absolute Gasteiger partial charge is 0.274 e.